The summed E-state index contributed by atoms with van der Waals surface area (Å²) in [7, 11) is -2.91. The van der Waals surface area contributed by atoms with Crippen LogP contribution in [0.4, 0.5) is 0 Å². The third-order valence-electron chi connectivity index (χ3n) is 5.05. The van der Waals surface area contributed by atoms with E-state index in [2.05, 4.69) is 0 Å². The summed E-state index contributed by atoms with van der Waals surface area (Å²) >= 11 is 0. The van der Waals surface area contributed by atoms with Gasteiger partial charge in [-0.05, 0) is 49.4 Å². The molecule has 2 bridgehead atoms. The number of carbonyl (C=O) groups is 1. The molecule has 17 heavy (non-hydrogen) atoms. The summed E-state index contributed by atoms with van der Waals surface area (Å²) < 4.78 is 22.0. The van der Waals surface area contributed by atoms with Gasteiger partial charge in [-0.1, -0.05) is 0 Å². The molecule has 0 aromatic heterocycles. The number of fused-ring (bicyclic) bond motifs is 5. The van der Waals surface area contributed by atoms with Gasteiger partial charge in [0.05, 0.1) is 5.75 Å². The smallest absolute Gasteiger partial charge is 0.147 e. The molecule has 4 atom stereocenters. The summed E-state index contributed by atoms with van der Waals surface area (Å²) in [5.74, 6) is 3.87. The number of Topliss-reactive ketones (excluding diaryl/α,β-unsaturated/α-hetero) is 1. The maximum Gasteiger partial charge on any atom is 0.147 e. The maximum absolute atomic E-state index is 12.0. The highest BCUT2D eigenvalue weighted by atomic mass is 32.2. The van der Waals surface area contributed by atoms with Crippen molar-refractivity contribution in [2.75, 3.05) is 12.0 Å². The Balaban J connectivity index is 1.49. The van der Waals surface area contributed by atoms with Crippen LogP contribution in [0.3, 0.4) is 0 Å². The first-order chi connectivity index (χ1) is 7.97. The molecule has 0 aromatic carbocycles. The molecule has 0 aromatic rings. The molecular weight excluding hydrogens is 236 g/mol. The third kappa shape index (κ3) is 2.05. The minimum atomic E-state index is -2.91. The molecule has 4 heteroatoms. The second kappa shape index (κ2) is 3.81. The Hall–Kier alpha value is -0.380. The Bertz CT molecular complexity index is 424. The fourth-order valence-corrected chi connectivity index (χ4v) is 5.10. The number of hydrogen-bond acceptors (Lipinski definition) is 3. The Kier molecular flexibility index (Phi) is 2.62. The van der Waals surface area contributed by atoms with Crippen LogP contribution >= 0.6 is 0 Å². The fraction of sp³-hybridized carbons (Fsp3) is 0.923. The predicted octanol–water partition coefficient (Wildman–Crippen LogP) is 1.67. The van der Waals surface area contributed by atoms with Crippen LogP contribution in [0, 0.1) is 29.6 Å². The Morgan fingerprint density at radius 2 is 1.76 bits per heavy atom. The normalized spacial score (nSPS) is 42.5. The molecule has 0 N–H and O–H groups in total. The van der Waals surface area contributed by atoms with E-state index >= 15 is 0 Å². The first-order valence-electron chi connectivity index (χ1n) is 6.68. The van der Waals surface area contributed by atoms with Gasteiger partial charge in [0.15, 0.2) is 0 Å². The standard InChI is InChI=1S/C13H20O3S/c1-17(15,16)6-2-3-10(14)13-11-8-4-5-9(7-8)12(11)13/h8-9,11-13H,2-7H2,1H3. The molecule has 3 saturated carbocycles. The molecule has 3 aliphatic carbocycles. The van der Waals surface area contributed by atoms with Crippen molar-refractivity contribution in [2.45, 2.75) is 32.1 Å². The van der Waals surface area contributed by atoms with Crippen molar-refractivity contribution in [1.82, 2.24) is 0 Å². The van der Waals surface area contributed by atoms with Crippen molar-refractivity contribution >= 4 is 15.6 Å². The number of carbonyl (C=O) groups excluding carboxylic acids is 1. The van der Waals surface area contributed by atoms with Crippen LogP contribution in [0.5, 0.6) is 0 Å². The van der Waals surface area contributed by atoms with E-state index in [0.717, 1.165) is 11.8 Å². The van der Waals surface area contributed by atoms with Crippen molar-refractivity contribution in [3.8, 4) is 0 Å². The summed E-state index contributed by atoms with van der Waals surface area (Å²) in [4.78, 5) is 12.0. The van der Waals surface area contributed by atoms with Crippen LogP contribution in [0.25, 0.3) is 0 Å². The van der Waals surface area contributed by atoms with Crippen LogP contribution in [0.15, 0.2) is 0 Å². The monoisotopic (exact) mass is 256 g/mol. The summed E-state index contributed by atoms with van der Waals surface area (Å²) in [6.07, 6.45) is 6.26. The summed E-state index contributed by atoms with van der Waals surface area (Å²) in [5.41, 5.74) is 0. The highest BCUT2D eigenvalue weighted by Crippen LogP contribution is 2.69. The molecule has 0 saturated heterocycles. The SMILES string of the molecule is CS(=O)(=O)CCCC(=O)C1C2C3CCC(C3)C12. The van der Waals surface area contributed by atoms with Crippen molar-refractivity contribution < 1.29 is 13.2 Å². The van der Waals surface area contributed by atoms with E-state index in [1.165, 1.54) is 25.5 Å². The zero-order valence-electron chi connectivity index (χ0n) is 10.3. The van der Waals surface area contributed by atoms with Gasteiger partial charge < -0.3 is 0 Å². The molecule has 3 aliphatic rings. The van der Waals surface area contributed by atoms with Crippen LogP contribution < -0.4 is 0 Å². The van der Waals surface area contributed by atoms with Crippen LogP contribution in [0.1, 0.15) is 32.1 Å². The molecule has 0 spiro atoms. The van der Waals surface area contributed by atoms with Crippen molar-refractivity contribution in [2.24, 2.45) is 29.6 Å². The second-order valence-corrected chi connectivity index (χ2v) is 8.47. The van der Waals surface area contributed by atoms with Gasteiger partial charge in [-0.3, -0.25) is 4.79 Å². The van der Waals surface area contributed by atoms with E-state index in [0.29, 0.717) is 36.4 Å². The molecule has 4 unspecified atom stereocenters. The van der Waals surface area contributed by atoms with Gasteiger partial charge in [-0.2, -0.15) is 0 Å². The van der Waals surface area contributed by atoms with E-state index in [9.17, 15) is 13.2 Å². The molecule has 3 rings (SSSR count). The molecule has 0 heterocycles. The van der Waals surface area contributed by atoms with E-state index in [1.807, 2.05) is 0 Å². The molecule has 3 nitrogen and oxygen atoms in total. The first-order valence-corrected chi connectivity index (χ1v) is 8.74. The largest absolute Gasteiger partial charge is 0.299 e. The summed E-state index contributed by atoms with van der Waals surface area (Å²) in [5, 5.41) is 0. The lowest BCUT2D eigenvalue weighted by Crippen LogP contribution is -2.12. The summed E-state index contributed by atoms with van der Waals surface area (Å²) in [6.45, 7) is 0. The van der Waals surface area contributed by atoms with E-state index in [-0.39, 0.29) is 5.75 Å². The topological polar surface area (TPSA) is 51.2 Å². The number of sulfone groups is 1. The molecule has 0 amide bonds. The predicted molar refractivity (Wildman–Crippen MR) is 65.3 cm³/mol. The lowest BCUT2D eigenvalue weighted by Gasteiger charge is -2.07. The molecular formula is C13H20O3S. The molecule has 0 aliphatic heterocycles. The first kappa shape index (κ1) is 11.7. The van der Waals surface area contributed by atoms with Gasteiger partial charge in [0, 0.05) is 18.6 Å². The zero-order valence-corrected chi connectivity index (χ0v) is 11.1. The molecule has 3 fully saturated rings. The number of hydrogen-bond donors (Lipinski definition) is 0. The van der Waals surface area contributed by atoms with E-state index < -0.39 is 9.84 Å². The Morgan fingerprint density at radius 1 is 1.18 bits per heavy atom. The molecule has 96 valence electrons. The van der Waals surface area contributed by atoms with Crippen molar-refractivity contribution in [3.05, 3.63) is 0 Å². The highest BCUT2D eigenvalue weighted by Gasteiger charge is 2.66. The second-order valence-electron chi connectivity index (χ2n) is 6.21. The zero-order chi connectivity index (χ0) is 12.2. The van der Waals surface area contributed by atoms with Crippen LogP contribution in [0.2, 0.25) is 0 Å². The molecule has 0 radical (unpaired) electrons. The average Bonchev–Trinajstić information content (AvgIpc) is 2.66. The van der Waals surface area contributed by atoms with E-state index in [1.54, 1.807) is 0 Å². The maximum atomic E-state index is 12.0. The van der Waals surface area contributed by atoms with Gasteiger partial charge in [0.2, 0.25) is 0 Å². The van der Waals surface area contributed by atoms with Crippen molar-refractivity contribution in [1.29, 1.82) is 0 Å². The minimum Gasteiger partial charge on any atom is -0.299 e. The minimum absolute atomic E-state index is 0.160. The van der Waals surface area contributed by atoms with Gasteiger partial charge in [-0.25, -0.2) is 8.42 Å². The Morgan fingerprint density at radius 3 is 2.29 bits per heavy atom. The van der Waals surface area contributed by atoms with Gasteiger partial charge in [0.1, 0.15) is 15.6 Å². The number of rotatable bonds is 5. The number of ketones is 1. The lowest BCUT2D eigenvalue weighted by atomic mass is 9.98. The Labute approximate surface area is 103 Å². The van der Waals surface area contributed by atoms with Crippen LogP contribution in [-0.4, -0.2) is 26.2 Å². The van der Waals surface area contributed by atoms with Gasteiger partial charge in [0.25, 0.3) is 0 Å². The van der Waals surface area contributed by atoms with Gasteiger partial charge in [-0.15, -0.1) is 0 Å². The highest BCUT2D eigenvalue weighted by molar-refractivity contribution is 7.90. The average molecular weight is 256 g/mol. The van der Waals surface area contributed by atoms with Gasteiger partial charge >= 0.3 is 0 Å². The van der Waals surface area contributed by atoms with Crippen molar-refractivity contribution in [3.63, 3.8) is 0 Å². The van der Waals surface area contributed by atoms with E-state index in [4.69, 9.17) is 0 Å². The van der Waals surface area contributed by atoms with Crippen LogP contribution in [-0.2, 0) is 14.6 Å². The lowest BCUT2D eigenvalue weighted by molar-refractivity contribution is -0.121. The quantitative estimate of drug-likeness (QED) is 0.752. The summed E-state index contributed by atoms with van der Waals surface area (Å²) in [6, 6.07) is 0. The third-order valence-corrected chi connectivity index (χ3v) is 6.08. The fourth-order valence-electron chi connectivity index (χ4n) is 4.43.